The maximum absolute atomic E-state index is 12.1. The van der Waals surface area contributed by atoms with Crippen LogP contribution in [0.3, 0.4) is 0 Å². The summed E-state index contributed by atoms with van der Waals surface area (Å²) in [6.07, 6.45) is -0.594. The van der Waals surface area contributed by atoms with Crippen LogP contribution in [-0.2, 0) is 9.53 Å². The molecule has 0 spiro atoms. The van der Waals surface area contributed by atoms with Crippen LogP contribution in [0.5, 0.6) is 5.75 Å². The number of benzene rings is 1. The van der Waals surface area contributed by atoms with Gasteiger partial charge in [0.25, 0.3) is 0 Å². The molecule has 6 heteroatoms. The average Bonchev–Trinajstić information content (AvgIpc) is 2.69. The van der Waals surface area contributed by atoms with Crippen molar-refractivity contribution in [2.45, 2.75) is 11.0 Å². The van der Waals surface area contributed by atoms with E-state index in [0.717, 1.165) is 10.6 Å². The predicted molar refractivity (Wildman–Crippen MR) is 77.1 cm³/mol. The lowest BCUT2D eigenvalue weighted by Gasteiger charge is -2.21. The van der Waals surface area contributed by atoms with Gasteiger partial charge >= 0.3 is 0 Å². The van der Waals surface area contributed by atoms with Gasteiger partial charge in [0.2, 0.25) is 5.91 Å². The molecular weight excluding hydrogens is 278 g/mol. The highest BCUT2D eigenvalue weighted by Crippen LogP contribution is 2.23. The summed E-state index contributed by atoms with van der Waals surface area (Å²) in [5, 5.41) is 9.62. The van der Waals surface area contributed by atoms with Crippen molar-refractivity contribution in [1.29, 1.82) is 0 Å². The number of carbonyl (C=O) groups excluding carboxylic acids is 1. The number of hydrogen-bond acceptors (Lipinski definition) is 5. The van der Waals surface area contributed by atoms with E-state index in [1.54, 1.807) is 12.0 Å². The second-order valence-electron chi connectivity index (χ2n) is 4.54. The Labute approximate surface area is 122 Å². The Morgan fingerprint density at radius 3 is 3.25 bits per heavy atom. The Hall–Kier alpha value is -1.24. The Bertz CT molecular complexity index is 455. The standard InChI is InChI=1S/C14H19NO4S/c1-18-12-3-2-4-13(7-12)20-10-14(17)15-5-6-19-9-11(16)8-15/h2-4,7,11,16H,5-6,8-10H2,1H3/t11-/m1/s1. The van der Waals surface area contributed by atoms with E-state index in [2.05, 4.69) is 0 Å². The Morgan fingerprint density at radius 2 is 2.45 bits per heavy atom. The molecule has 1 fully saturated rings. The van der Waals surface area contributed by atoms with Crippen LogP contribution in [0, 0.1) is 0 Å². The van der Waals surface area contributed by atoms with Crippen LogP contribution in [0.25, 0.3) is 0 Å². The Balaban J connectivity index is 1.87. The summed E-state index contributed by atoms with van der Waals surface area (Å²) in [4.78, 5) is 14.8. The first-order chi connectivity index (χ1) is 9.69. The lowest BCUT2D eigenvalue weighted by atomic mass is 10.3. The van der Waals surface area contributed by atoms with E-state index in [1.807, 2.05) is 24.3 Å². The van der Waals surface area contributed by atoms with Gasteiger partial charge in [-0.2, -0.15) is 0 Å². The highest BCUT2D eigenvalue weighted by atomic mass is 32.2. The Kier molecular flexibility index (Phi) is 5.70. The monoisotopic (exact) mass is 297 g/mol. The summed E-state index contributed by atoms with van der Waals surface area (Å²) in [7, 11) is 1.62. The number of amides is 1. The molecule has 2 rings (SSSR count). The van der Waals surface area contributed by atoms with Crippen LogP contribution in [0.15, 0.2) is 29.2 Å². The number of aliphatic hydroxyl groups is 1. The van der Waals surface area contributed by atoms with Crippen LogP contribution in [0.2, 0.25) is 0 Å². The van der Waals surface area contributed by atoms with E-state index in [9.17, 15) is 9.90 Å². The van der Waals surface area contributed by atoms with Gasteiger partial charge in [0.15, 0.2) is 0 Å². The van der Waals surface area contributed by atoms with E-state index in [4.69, 9.17) is 9.47 Å². The zero-order valence-electron chi connectivity index (χ0n) is 11.4. The van der Waals surface area contributed by atoms with Crippen LogP contribution in [0.1, 0.15) is 0 Å². The van der Waals surface area contributed by atoms with E-state index >= 15 is 0 Å². The maximum atomic E-state index is 12.1. The predicted octanol–water partition coefficient (Wildman–Crippen LogP) is 1.01. The van der Waals surface area contributed by atoms with Gasteiger partial charge in [-0.3, -0.25) is 4.79 Å². The number of hydrogen-bond donors (Lipinski definition) is 1. The number of aliphatic hydroxyl groups excluding tert-OH is 1. The molecule has 1 aliphatic rings. The number of ether oxygens (including phenoxy) is 2. The molecule has 0 radical (unpaired) electrons. The zero-order valence-corrected chi connectivity index (χ0v) is 12.3. The minimum Gasteiger partial charge on any atom is -0.497 e. The first-order valence-corrected chi connectivity index (χ1v) is 7.48. The fraction of sp³-hybridized carbons (Fsp3) is 0.500. The van der Waals surface area contributed by atoms with E-state index in [0.29, 0.717) is 32.1 Å². The molecule has 1 heterocycles. The fourth-order valence-electron chi connectivity index (χ4n) is 1.95. The molecule has 20 heavy (non-hydrogen) atoms. The number of thioether (sulfide) groups is 1. The van der Waals surface area contributed by atoms with Gasteiger partial charge in [0.1, 0.15) is 5.75 Å². The van der Waals surface area contributed by atoms with Crippen molar-refractivity contribution in [2.75, 3.05) is 39.2 Å². The van der Waals surface area contributed by atoms with Crippen molar-refractivity contribution in [2.24, 2.45) is 0 Å². The third-order valence-corrected chi connectivity index (χ3v) is 3.98. The fourth-order valence-corrected chi connectivity index (χ4v) is 2.79. The molecule has 1 aromatic carbocycles. The summed E-state index contributed by atoms with van der Waals surface area (Å²) in [5.74, 6) is 1.14. The molecule has 1 aliphatic heterocycles. The van der Waals surface area contributed by atoms with E-state index in [-0.39, 0.29) is 5.91 Å². The largest absolute Gasteiger partial charge is 0.497 e. The first kappa shape index (κ1) is 15.2. The number of β-amino-alcohol motifs (C(OH)–C–C–N with tert-alkyl or cyclic N) is 1. The van der Waals surface area contributed by atoms with Gasteiger partial charge in [0, 0.05) is 18.0 Å². The lowest BCUT2D eigenvalue weighted by molar-refractivity contribution is -0.129. The second kappa shape index (κ2) is 7.52. The van der Waals surface area contributed by atoms with E-state index < -0.39 is 6.10 Å². The molecule has 0 unspecified atom stereocenters. The van der Waals surface area contributed by atoms with Crippen molar-refractivity contribution in [3.8, 4) is 5.75 Å². The molecule has 0 aliphatic carbocycles. The van der Waals surface area contributed by atoms with Gasteiger partial charge in [0.05, 0.1) is 32.2 Å². The van der Waals surface area contributed by atoms with Gasteiger partial charge < -0.3 is 19.5 Å². The molecule has 1 N–H and O–H groups in total. The molecule has 110 valence electrons. The van der Waals surface area contributed by atoms with Gasteiger partial charge in [-0.05, 0) is 18.2 Å². The van der Waals surface area contributed by atoms with Gasteiger partial charge in [-0.15, -0.1) is 11.8 Å². The third kappa shape index (κ3) is 4.40. The number of rotatable bonds is 4. The highest BCUT2D eigenvalue weighted by molar-refractivity contribution is 8.00. The smallest absolute Gasteiger partial charge is 0.233 e. The van der Waals surface area contributed by atoms with Crippen LogP contribution < -0.4 is 4.74 Å². The summed E-state index contributed by atoms with van der Waals surface area (Å²) >= 11 is 1.47. The van der Waals surface area contributed by atoms with Gasteiger partial charge in [-0.1, -0.05) is 6.07 Å². The molecule has 1 amide bonds. The van der Waals surface area contributed by atoms with Crippen LogP contribution >= 0.6 is 11.8 Å². The SMILES string of the molecule is COc1cccc(SCC(=O)N2CCOC[C@H](O)C2)c1. The summed E-state index contributed by atoms with van der Waals surface area (Å²) < 4.78 is 10.4. The minimum absolute atomic E-state index is 0.0161. The lowest BCUT2D eigenvalue weighted by Crippen LogP contribution is -2.38. The molecule has 1 saturated heterocycles. The Morgan fingerprint density at radius 1 is 1.60 bits per heavy atom. The van der Waals surface area contributed by atoms with Crippen molar-refractivity contribution in [1.82, 2.24) is 4.90 Å². The number of carbonyl (C=O) groups is 1. The quantitative estimate of drug-likeness (QED) is 0.841. The minimum atomic E-state index is -0.594. The van der Waals surface area contributed by atoms with Crippen molar-refractivity contribution in [3.05, 3.63) is 24.3 Å². The van der Waals surface area contributed by atoms with Crippen molar-refractivity contribution >= 4 is 17.7 Å². The highest BCUT2D eigenvalue weighted by Gasteiger charge is 2.20. The summed E-state index contributed by atoms with van der Waals surface area (Å²) in [6.45, 7) is 1.66. The average molecular weight is 297 g/mol. The molecule has 1 aromatic rings. The van der Waals surface area contributed by atoms with Crippen molar-refractivity contribution in [3.63, 3.8) is 0 Å². The van der Waals surface area contributed by atoms with Gasteiger partial charge in [-0.25, -0.2) is 0 Å². The molecule has 5 nitrogen and oxygen atoms in total. The van der Waals surface area contributed by atoms with Crippen LogP contribution in [-0.4, -0.2) is 61.2 Å². The molecule has 1 atom stereocenters. The number of methoxy groups -OCH3 is 1. The summed E-state index contributed by atoms with van der Waals surface area (Å²) in [5.41, 5.74) is 0. The van der Waals surface area contributed by atoms with E-state index in [1.165, 1.54) is 11.8 Å². The first-order valence-electron chi connectivity index (χ1n) is 6.49. The molecule has 0 saturated carbocycles. The second-order valence-corrected chi connectivity index (χ2v) is 5.58. The van der Waals surface area contributed by atoms with Crippen molar-refractivity contribution < 1.29 is 19.4 Å². The molecule has 0 bridgehead atoms. The topological polar surface area (TPSA) is 59.0 Å². The molecular formula is C14H19NO4S. The summed E-state index contributed by atoms with van der Waals surface area (Å²) in [6, 6.07) is 7.61. The number of nitrogens with zero attached hydrogens (tertiary/aromatic N) is 1. The maximum Gasteiger partial charge on any atom is 0.233 e. The normalized spacial score (nSPS) is 19.5. The van der Waals surface area contributed by atoms with Crippen LogP contribution in [0.4, 0.5) is 0 Å². The zero-order chi connectivity index (χ0) is 14.4. The third-order valence-electron chi connectivity index (χ3n) is 3.00. The molecule has 0 aromatic heterocycles.